The number of furan rings is 1. The van der Waals surface area contributed by atoms with Crippen LogP contribution in [0, 0.1) is 0 Å². The molecule has 140 valence electrons. The number of rotatable bonds is 3. The van der Waals surface area contributed by atoms with Crippen LogP contribution in [0.5, 0.6) is 0 Å². The van der Waals surface area contributed by atoms with Gasteiger partial charge in [0, 0.05) is 29.7 Å². The monoisotopic (exact) mass is 384 g/mol. The van der Waals surface area contributed by atoms with E-state index in [2.05, 4.69) is 5.10 Å². The quantitative estimate of drug-likeness (QED) is 0.746. The van der Waals surface area contributed by atoms with Crippen LogP contribution in [0.1, 0.15) is 30.3 Å². The minimum atomic E-state index is -0.0945. The third-order valence-corrected chi connectivity index (χ3v) is 5.17. The van der Waals surface area contributed by atoms with Crippen molar-refractivity contribution >= 4 is 17.5 Å². The number of carbonyl (C=O) groups excluding carboxylic acids is 1. The third-order valence-electron chi connectivity index (χ3n) is 4.93. The third kappa shape index (κ3) is 3.50. The molecule has 0 radical (unpaired) electrons. The molecule has 1 saturated heterocycles. The van der Waals surface area contributed by atoms with Crippen molar-refractivity contribution in [3.63, 3.8) is 0 Å². The average Bonchev–Trinajstić information content (AvgIpc) is 3.31. The van der Waals surface area contributed by atoms with Crippen molar-refractivity contribution in [3.05, 3.63) is 59.4 Å². The van der Waals surface area contributed by atoms with Gasteiger partial charge in [-0.15, -0.1) is 0 Å². The molecular formula is C20H21ClN4O2. The fourth-order valence-corrected chi connectivity index (χ4v) is 3.73. The molecule has 1 aliphatic heterocycles. The first kappa shape index (κ1) is 17.8. The Morgan fingerprint density at radius 2 is 2.15 bits per heavy atom. The second kappa shape index (κ2) is 7.21. The molecule has 1 aromatic carbocycles. The Hall–Kier alpha value is -2.57. The van der Waals surface area contributed by atoms with Gasteiger partial charge in [-0.25, -0.2) is 4.68 Å². The maximum atomic E-state index is 13.1. The standard InChI is InChI=1S/C20H21ClN4O2/c1-13-10-15(22)7-8-24(13)20(26)17-12-18(19-6-3-9-27-19)25(23-17)16-5-2-4-14(21)11-16/h2-6,9,11-13,15H,7-8,10,22H2,1H3/t13-,15-/m1/s1. The second-order valence-corrected chi connectivity index (χ2v) is 7.35. The van der Waals surface area contributed by atoms with Crippen LogP contribution in [-0.4, -0.2) is 39.2 Å². The highest BCUT2D eigenvalue weighted by molar-refractivity contribution is 6.30. The lowest BCUT2D eigenvalue weighted by Gasteiger charge is -2.35. The van der Waals surface area contributed by atoms with Crippen LogP contribution in [-0.2, 0) is 0 Å². The number of benzene rings is 1. The lowest BCUT2D eigenvalue weighted by atomic mass is 9.99. The minimum absolute atomic E-state index is 0.0876. The Balaban J connectivity index is 1.74. The number of nitrogens with zero attached hydrogens (tertiary/aromatic N) is 3. The number of halogens is 1. The van der Waals surface area contributed by atoms with Crippen LogP contribution in [0.4, 0.5) is 0 Å². The first-order valence-electron chi connectivity index (χ1n) is 8.99. The minimum Gasteiger partial charge on any atom is -0.463 e. The molecular weight excluding hydrogens is 364 g/mol. The Morgan fingerprint density at radius 1 is 1.30 bits per heavy atom. The van der Waals surface area contributed by atoms with Gasteiger partial charge in [-0.2, -0.15) is 5.10 Å². The van der Waals surface area contributed by atoms with Gasteiger partial charge in [-0.3, -0.25) is 4.79 Å². The van der Waals surface area contributed by atoms with Crippen molar-refractivity contribution in [2.75, 3.05) is 6.54 Å². The summed E-state index contributed by atoms with van der Waals surface area (Å²) in [5, 5.41) is 5.18. The molecule has 1 amide bonds. The Labute approximate surface area is 162 Å². The zero-order valence-electron chi connectivity index (χ0n) is 15.0. The lowest BCUT2D eigenvalue weighted by Crippen LogP contribution is -2.48. The van der Waals surface area contributed by atoms with E-state index < -0.39 is 0 Å². The molecule has 0 unspecified atom stereocenters. The second-order valence-electron chi connectivity index (χ2n) is 6.92. The molecule has 4 rings (SSSR count). The van der Waals surface area contributed by atoms with E-state index in [1.807, 2.05) is 30.0 Å². The predicted octanol–water partition coefficient (Wildman–Crippen LogP) is 3.74. The van der Waals surface area contributed by atoms with Crippen LogP contribution in [0.15, 0.2) is 53.1 Å². The maximum absolute atomic E-state index is 13.1. The van der Waals surface area contributed by atoms with Gasteiger partial charge in [0.05, 0.1) is 12.0 Å². The van der Waals surface area contributed by atoms with E-state index in [9.17, 15) is 4.79 Å². The molecule has 0 saturated carbocycles. The van der Waals surface area contributed by atoms with E-state index in [4.69, 9.17) is 21.8 Å². The number of piperidine rings is 1. The highest BCUT2D eigenvalue weighted by atomic mass is 35.5. The molecule has 6 nitrogen and oxygen atoms in total. The summed E-state index contributed by atoms with van der Waals surface area (Å²) in [6.07, 6.45) is 3.20. The molecule has 1 fully saturated rings. The molecule has 0 spiro atoms. The van der Waals surface area contributed by atoms with Gasteiger partial charge in [0.15, 0.2) is 11.5 Å². The molecule has 27 heavy (non-hydrogen) atoms. The summed E-state index contributed by atoms with van der Waals surface area (Å²) in [5.41, 5.74) is 7.87. The van der Waals surface area contributed by atoms with Crippen LogP contribution >= 0.6 is 11.6 Å². The molecule has 0 bridgehead atoms. The number of amides is 1. The van der Waals surface area contributed by atoms with Crippen LogP contribution < -0.4 is 5.73 Å². The topological polar surface area (TPSA) is 77.3 Å². The Kier molecular flexibility index (Phi) is 4.76. The van der Waals surface area contributed by atoms with Crippen LogP contribution in [0.25, 0.3) is 17.1 Å². The van der Waals surface area contributed by atoms with E-state index in [0.29, 0.717) is 28.7 Å². The Morgan fingerprint density at radius 3 is 2.85 bits per heavy atom. The van der Waals surface area contributed by atoms with Crippen LogP contribution in [0.3, 0.4) is 0 Å². The summed E-state index contributed by atoms with van der Waals surface area (Å²) in [6.45, 7) is 2.67. The summed E-state index contributed by atoms with van der Waals surface area (Å²) in [7, 11) is 0. The highest BCUT2D eigenvalue weighted by Crippen LogP contribution is 2.27. The van der Waals surface area contributed by atoms with E-state index in [1.165, 1.54) is 0 Å². The van der Waals surface area contributed by atoms with Gasteiger partial charge in [0.2, 0.25) is 0 Å². The van der Waals surface area contributed by atoms with Crippen molar-refractivity contribution in [1.29, 1.82) is 0 Å². The van der Waals surface area contributed by atoms with Crippen molar-refractivity contribution in [2.24, 2.45) is 5.73 Å². The molecule has 2 aromatic heterocycles. The number of nitrogens with two attached hydrogens (primary N) is 1. The van der Waals surface area contributed by atoms with Gasteiger partial charge in [-0.05, 0) is 50.1 Å². The zero-order chi connectivity index (χ0) is 19.0. The van der Waals surface area contributed by atoms with Crippen molar-refractivity contribution in [3.8, 4) is 17.1 Å². The molecule has 0 aliphatic carbocycles. The zero-order valence-corrected chi connectivity index (χ0v) is 15.8. The average molecular weight is 385 g/mol. The van der Waals surface area contributed by atoms with Gasteiger partial charge in [0.1, 0.15) is 5.69 Å². The van der Waals surface area contributed by atoms with Crippen molar-refractivity contribution in [2.45, 2.75) is 31.8 Å². The van der Waals surface area contributed by atoms with Gasteiger partial charge < -0.3 is 15.1 Å². The van der Waals surface area contributed by atoms with Gasteiger partial charge in [0.25, 0.3) is 5.91 Å². The van der Waals surface area contributed by atoms with E-state index in [-0.39, 0.29) is 18.0 Å². The predicted molar refractivity (Wildman–Crippen MR) is 104 cm³/mol. The molecule has 7 heteroatoms. The maximum Gasteiger partial charge on any atom is 0.274 e. The fourth-order valence-electron chi connectivity index (χ4n) is 3.55. The van der Waals surface area contributed by atoms with Crippen LogP contribution in [0.2, 0.25) is 5.02 Å². The summed E-state index contributed by atoms with van der Waals surface area (Å²) < 4.78 is 7.24. The number of carbonyl (C=O) groups is 1. The summed E-state index contributed by atoms with van der Waals surface area (Å²) >= 11 is 6.14. The van der Waals surface area contributed by atoms with E-state index in [1.54, 1.807) is 35.2 Å². The number of hydrogen-bond acceptors (Lipinski definition) is 4. The fraction of sp³-hybridized carbons (Fsp3) is 0.300. The largest absolute Gasteiger partial charge is 0.463 e. The SMILES string of the molecule is C[C@@H]1C[C@H](N)CCN1C(=O)c1cc(-c2ccco2)n(-c2cccc(Cl)c2)n1. The van der Waals surface area contributed by atoms with Crippen molar-refractivity contribution < 1.29 is 9.21 Å². The van der Waals surface area contributed by atoms with E-state index >= 15 is 0 Å². The smallest absolute Gasteiger partial charge is 0.274 e. The van der Waals surface area contributed by atoms with E-state index in [0.717, 1.165) is 18.5 Å². The lowest BCUT2D eigenvalue weighted by molar-refractivity contribution is 0.0612. The highest BCUT2D eigenvalue weighted by Gasteiger charge is 2.30. The Bertz CT molecular complexity index is 951. The molecule has 3 aromatic rings. The van der Waals surface area contributed by atoms with Crippen molar-refractivity contribution in [1.82, 2.24) is 14.7 Å². The molecule has 2 atom stereocenters. The number of aromatic nitrogens is 2. The molecule has 1 aliphatic rings. The first-order valence-corrected chi connectivity index (χ1v) is 9.37. The summed E-state index contributed by atoms with van der Waals surface area (Å²) in [4.78, 5) is 14.9. The summed E-state index contributed by atoms with van der Waals surface area (Å²) in [6, 6.07) is 13.0. The normalized spacial score (nSPS) is 20.0. The number of likely N-dealkylation sites (tertiary alicyclic amines) is 1. The molecule has 2 N–H and O–H groups in total. The van der Waals surface area contributed by atoms with Gasteiger partial charge >= 0.3 is 0 Å². The summed E-state index contributed by atoms with van der Waals surface area (Å²) in [5.74, 6) is 0.540. The van der Waals surface area contributed by atoms with Gasteiger partial charge in [-0.1, -0.05) is 17.7 Å². The molecule has 3 heterocycles. The first-order chi connectivity index (χ1) is 13.0. The number of hydrogen-bond donors (Lipinski definition) is 1.